The highest BCUT2D eigenvalue weighted by atomic mass is 32.2. The molecule has 128 valence electrons. The number of nitrogen functional groups attached to an aromatic ring is 1. The van der Waals surface area contributed by atoms with Gasteiger partial charge in [0.25, 0.3) is 5.91 Å². The van der Waals surface area contributed by atoms with Crippen molar-refractivity contribution in [1.82, 2.24) is 0 Å². The number of amides is 1. The first-order chi connectivity index (χ1) is 11.2. The van der Waals surface area contributed by atoms with E-state index in [1.54, 1.807) is 12.1 Å². The van der Waals surface area contributed by atoms with Crippen molar-refractivity contribution in [2.24, 2.45) is 0 Å². The van der Waals surface area contributed by atoms with Crippen LogP contribution < -0.4 is 11.1 Å². The van der Waals surface area contributed by atoms with Gasteiger partial charge in [-0.2, -0.15) is 13.2 Å². The van der Waals surface area contributed by atoms with Crippen molar-refractivity contribution in [2.75, 3.05) is 16.8 Å². The van der Waals surface area contributed by atoms with Gasteiger partial charge in [-0.3, -0.25) is 4.79 Å². The normalized spacial score (nSPS) is 11.4. The molecule has 1 amide bonds. The van der Waals surface area contributed by atoms with E-state index >= 15 is 0 Å². The molecule has 0 atom stereocenters. The van der Waals surface area contributed by atoms with Gasteiger partial charge in [0.05, 0.1) is 17.0 Å². The summed E-state index contributed by atoms with van der Waals surface area (Å²) < 4.78 is 51.1. The van der Waals surface area contributed by atoms with Gasteiger partial charge in [-0.15, -0.1) is 11.8 Å². The van der Waals surface area contributed by atoms with E-state index in [9.17, 15) is 22.4 Å². The Balaban J connectivity index is 2.24. The van der Waals surface area contributed by atoms with Crippen molar-refractivity contribution in [3.05, 3.63) is 53.3 Å². The van der Waals surface area contributed by atoms with Crippen molar-refractivity contribution in [1.29, 1.82) is 0 Å². The molecule has 0 heterocycles. The summed E-state index contributed by atoms with van der Waals surface area (Å²) in [6.07, 6.45) is -4.34. The minimum absolute atomic E-state index is 0.155. The van der Waals surface area contributed by atoms with Gasteiger partial charge < -0.3 is 11.1 Å². The molecule has 0 aliphatic rings. The SMILES string of the molecule is Cc1cc(F)c(NC(=O)c2ccccc2N)cc1SCC(F)(F)F. The largest absolute Gasteiger partial charge is 0.398 e. The van der Waals surface area contributed by atoms with Crippen LogP contribution in [-0.4, -0.2) is 17.8 Å². The monoisotopic (exact) mass is 358 g/mol. The second kappa shape index (κ2) is 7.12. The number of benzene rings is 2. The number of anilines is 2. The van der Waals surface area contributed by atoms with Crippen molar-refractivity contribution in [2.45, 2.75) is 18.0 Å². The molecule has 24 heavy (non-hydrogen) atoms. The van der Waals surface area contributed by atoms with E-state index in [4.69, 9.17) is 5.73 Å². The number of carbonyl (C=O) groups is 1. The van der Waals surface area contributed by atoms with Gasteiger partial charge in [0, 0.05) is 10.6 Å². The van der Waals surface area contributed by atoms with Gasteiger partial charge in [-0.25, -0.2) is 4.39 Å². The zero-order chi connectivity index (χ0) is 17.9. The molecule has 3 nitrogen and oxygen atoms in total. The van der Waals surface area contributed by atoms with E-state index in [0.29, 0.717) is 17.3 Å². The van der Waals surface area contributed by atoms with E-state index in [2.05, 4.69) is 5.32 Å². The molecule has 8 heteroatoms. The Kier molecular flexibility index (Phi) is 5.38. The predicted molar refractivity (Wildman–Crippen MR) is 86.7 cm³/mol. The number of thioether (sulfide) groups is 1. The summed E-state index contributed by atoms with van der Waals surface area (Å²) in [6.45, 7) is 1.50. The van der Waals surface area contributed by atoms with Crippen LogP contribution in [0, 0.1) is 12.7 Å². The number of hydrogen-bond acceptors (Lipinski definition) is 3. The molecule has 2 aromatic rings. The summed E-state index contributed by atoms with van der Waals surface area (Å²) in [5.41, 5.74) is 6.21. The zero-order valence-corrected chi connectivity index (χ0v) is 13.4. The lowest BCUT2D eigenvalue weighted by Gasteiger charge is -2.13. The van der Waals surface area contributed by atoms with Crippen molar-refractivity contribution >= 4 is 29.0 Å². The fourth-order valence-electron chi connectivity index (χ4n) is 1.96. The molecule has 2 rings (SSSR count). The average molecular weight is 358 g/mol. The number of aryl methyl sites for hydroxylation is 1. The number of nitrogens with two attached hydrogens (primary N) is 1. The first-order valence-electron chi connectivity index (χ1n) is 6.83. The van der Waals surface area contributed by atoms with Gasteiger partial charge in [-0.05, 0) is 36.8 Å². The Morgan fingerprint density at radius 3 is 2.54 bits per heavy atom. The first-order valence-corrected chi connectivity index (χ1v) is 7.81. The van der Waals surface area contributed by atoms with Crippen molar-refractivity contribution in [3.63, 3.8) is 0 Å². The third-order valence-corrected chi connectivity index (χ3v) is 4.33. The molecule has 0 fully saturated rings. The van der Waals surface area contributed by atoms with Crippen molar-refractivity contribution in [3.8, 4) is 0 Å². The van der Waals surface area contributed by atoms with E-state index in [1.165, 1.54) is 25.1 Å². The van der Waals surface area contributed by atoms with Gasteiger partial charge in [0.1, 0.15) is 5.82 Å². The zero-order valence-electron chi connectivity index (χ0n) is 12.6. The standard InChI is InChI=1S/C16H14F4N2OS/c1-9-6-11(17)13(7-14(9)24-8-16(18,19)20)22-15(23)10-4-2-3-5-12(10)21/h2-7H,8,21H2,1H3,(H,22,23). The molecule has 0 aliphatic heterocycles. The Morgan fingerprint density at radius 1 is 1.25 bits per heavy atom. The van der Waals surface area contributed by atoms with Crippen LogP contribution in [0.3, 0.4) is 0 Å². The Bertz CT molecular complexity index is 762. The Morgan fingerprint density at radius 2 is 1.92 bits per heavy atom. The van der Waals surface area contributed by atoms with Crippen LogP contribution in [0.15, 0.2) is 41.3 Å². The molecule has 0 bridgehead atoms. The summed E-state index contributed by atoms with van der Waals surface area (Å²) in [5, 5.41) is 2.34. The van der Waals surface area contributed by atoms with Crippen LogP contribution in [0.25, 0.3) is 0 Å². The van der Waals surface area contributed by atoms with E-state index in [0.717, 1.165) is 6.07 Å². The quantitative estimate of drug-likeness (QED) is 0.476. The summed E-state index contributed by atoms with van der Waals surface area (Å²) in [7, 11) is 0. The first kappa shape index (κ1) is 18.1. The average Bonchev–Trinajstić information content (AvgIpc) is 2.48. The lowest BCUT2D eigenvalue weighted by atomic mass is 10.1. The summed E-state index contributed by atoms with van der Waals surface area (Å²) in [5.74, 6) is -2.47. The third kappa shape index (κ3) is 4.64. The van der Waals surface area contributed by atoms with Crippen molar-refractivity contribution < 1.29 is 22.4 Å². The highest BCUT2D eigenvalue weighted by Crippen LogP contribution is 2.32. The van der Waals surface area contributed by atoms with E-state index in [1.807, 2.05) is 0 Å². The maximum absolute atomic E-state index is 14.0. The third-order valence-electron chi connectivity index (χ3n) is 3.11. The van der Waals surface area contributed by atoms with Crippen LogP contribution >= 0.6 is 11.8 Å². The number of nitrogens with one attached hydrogen (secondary N) is 1. The van der Waals surface area contributed by atoms with Crippen LogP contribution in [-0.2, 0) is 0 Å². The summed E-state index contributed by atoms with van der Waals surface area (Å²) in [6, 6.07) is 8.51. The van der Waals surface area contributed by atoms with Crippen LogP contribution in [0.1, 0.15) is 15.9 Å². The molecule has 0 spiro atoms. The minimum atomic E-state index is -4.34. The second-order valence-electron chi connectivity index (χ2n) is 5.04. The maximum Gasteiger partial charge on any atom is 0.398 e. The number of hydrogen-bond donors (Lipinski definition) is 2. The highest BCUT2D eigenvalue weighted by molar-refractivity contribution is 7.99. The van der Waals surface area contributed by atoms with E-state index < -0.39 is 23.7 Å². The van der Waals surface area contributed by atoms with Gasteiger partial charge >= 0.3 is 6.18 Å². The van der Waals surface area contributed by atoms with Crippen LogP contribution in [0.2, 0.25) is 0 Å². The number of carbonyl (C=O) groups excluding carboxylic acids is 1. The topological polar surface area (TPSA) is 55.1 Å². The molecule has 0 saturated heterocycles. The lowest BCUT2D eigenvalue weighted by molar-refractivity contribution is -0.105. The fourth-order valence-corrected chi connectivity index (χ4v) is 2.76. The Hall–Kier alpha value is -2.22. The number of halogens is 4. The van der Waals surface area contributed by atoms with E-state index in [-0.39, 0.29) is 21.8 Å². The minimum Gasteiger partial charge on any atom is -0.398 e. The molecule has 0 aromatic heterocycles. The lowest BCUT2D eigenvalue weighted by Crippen LogP contribution is -2.15. The predicted octanol–water partition coefficient (Wildman–Crippen LogP) is 4.62. The molecule has 0 saturated carbocycles. The number of alkyl halides is 3. The molecule has 3 N–H and O–H groups in total. The molecular weight excluding hydrogens is 344 g/mol. The molecule has 2 aromatic carbocycles. The van der Waals surface area contributed by atoms with Gasteiger partial charge in [0.15, 0.2) is 0 Å². The van der Waals surface area contributed by atoms with Gasteiger partial charge in [-0.1, -0.05) is 12.1 Å². The Labute approximate surface area is 140 Å². The van der Waals surface area contributed by atoms with Gasteiger partial charge in [0.2, 0.25) is 0 Å². The molecule has 0 radical (unpaired) electrons. The number of para-hydroxylation sites is 1. The number of rotatable bonds is 4. The second-order valence-corrected chi connectivity index (χ2v) is 6.06. The molecular formula is C16H14F4N2OS. The fraction of sp³-hybridized carbons (Fsp3) is 0.188. The highest BCUT2D eigenvalue weighted by Gasteiger charge is 2.27. The summed E-state index contributed by atoms with van der Waals surface area (Å²) >= 11 is 0.535. The molecule has 0 unspecified atom stereocenters. The summed E-state index contributed by atoms with van der Waals surface area (Å²) in [4.78, 5) is 12.4. The maximum atomic E-state index is 14.0. The molecule has 0 aliphatic carbocycles. The smallest absolute Gasteiger partial charge is 0.398 e. The van der Waals surface area contributed by atoms with Crippen LogP contribution in [0.4, 0.5) is 28.9 Å². The van der Waals surface area contributed by atoms with Crippen LogP contribution in [0.5, 0.6) is 0 Å².